The van der Waals surface area contributed by atoms with Gasteiger partial charge in [-0.05, 0) is 23.0 Å². The highest BCUT2D eigenvalue weighted by molar-refractivity contribution is 7.99. The van der Waals surface area contributed by atoms with Crippen molar-refractivity contribution in [2.75, 3.05) is 12.4 Å². The number of hydrogen-bond acceptors (Lipinski definition) is 3. The van der Waals surface area contributed by atoms with Gasteiger partial charge < -0.3 is 10.8 Å². The van der Waals surface area contributed by atoms with Gasteiger partial charge >= 0.3 is 0 Å². The molecule has 0 amide bonds. The Kier molecular flexibility index (Phi) is 5.32. The van der Waals surface area contributed by atoms with Gasteiger partial charge in [0.1, 0.15) is 0 Å². The lowest BCUT2D eigenvalue weighted by atomic mass is 9.89. The minimum atomic E-state index is -0.594. The maximum absolute atomic E-state index is 9.47. The van der Waals surface area contributed by atoms with Gasteiger partial charge in [0.05, 0.1) is 12.1 Å². The number of thioether (sulfide) groups is 1. The molecule has 0 bridgehead atoms. The van der Waals surface area contributed by atoms with Crippen LogP contribution in [0.5, 0.6) is 0 Å². The van der Waals surface area contributed by atoms with Crippen LogP contribution in [0.4, 0.5) is 0 Å². The standard InChI is InChI=1S/C13H21NOS/c1-11(2)16-9-8-13(14,10-15)12-6-4-3-5-7-12/h3-7,11,15H,8-10,14H2,1-2H3. The van der Waals surface area contributed by atoms with Crippen molar-refractivity contribution in [3.8, 4) is 0 Å². The van der Waals surface area contributed by atoms with Gasteiger partial charge in [0.15, 0.2) is 0 Å². The predicted molar refractivity (Wildman–Crippen MR) is 71.6 cm³/mol. The molecule has 0 aliphatic heterocycles. The number of rotatable bonds is 6. The highest BCUT2D eigenvalue weighted by atomic mass is 32.2. The van der Waals surface area contributed by atoms with Crippen LogP contribution in [0.15, 0.2) is 30.3 Å². The van der Waals surface area contributed by atoms with Crippen molar-refractivity contribution in [3.05, 3.63) is 35.9 Å². The van der Waals surface area contributed by atoms with Crippen LogP contribution in [0.1, 0.15) is 25.8 Å². The normalized spacial score (nSPS) is 15.1. The molecular weight excluding hydrogens is 218 g/mol. The third-order valence-corrected chi connectivity index (χ3v) is 3.74. The Balaban J connectivity index is 2.63. The Hall–Kier alpha value is -0.510. The van der Waals surface area contributed by atoms with Gasteiger partial charge in [-0.15, -0.1) is 0 Å². The summed E-state index contributed by atoms with van der Waals surface area (Å²) in [6.07, 6.45) is 0.802. The van der Waals surface area contributed by atoms with Gasteiger partial charge in [-0.3, -0.25) is 0 Å². The summed E-state index contributed by atoms with van der Waals surface area (Å²) < 4.78 is 0. The van der Waals surface area contributed by atoms with E-state index >= 15 is 0 Å². The summed E-state index contributed by atoms with van der Waals surface area (Å²) in [5, 5.41) is 10.1. The van der Waals surface area contributed by atoms with E-state index in [1.165, 1.54) is 0 Å². The lowest BCUT2D eigenvalue weighted by molar-refractivity contribution is 0.193. The average Bonchev–Trinajstić information content (AvgIpc) is 2.29. The maximum Gasteiger partial charge on any atom is 0.0653 e. The molecule has 2 nitrogen and oxygen atoms in total. The molecular formula is C13H21NOS. The molecule has 0 aliphatic carbocycles. The molecule has 0 aliphatic rings. The van der Waals surface area contributed by atoms with E-state index in [1.54, 1.807) is 0 Å². The number of aliphatic hydroxyl groups is 1. The molecule has 16 heavy (non-hydrogen) atoms. The van der Waals surface area contributed by atoms with Crippen LogP contribution in [0, 0.1) is 0 Å². The zero-order valence-electron chi connectivity index (χ0n) is 10.0. The van der Waals surface area contributed by atoms with Gasteiger partial charge in [0.2, 0.25) is 0 Å². The fourth-order valence-corrected chi connectivity index (χ4v) is 2.52. The van der Waals surface area contributed by atoms with Crippen LogP contribution >= 0.6 is 11.8 Å². The number of benzene rings is 1. The molecule has 1 atom stereocenters. The first-order chi connectivity index (χ1) is 7.58. The summed E-state index contributed by atoms with van der Waals surface area (Å²) in [6.45, 7) is 4.34. The number of aliphatic hydroxyl groups excluding tert-OH is 1. The molecule has 0 fully saturated rings. The second-order valence-corrected chi connectivity index (χ2v) is 6.03. The Labute approximate surface area is 102 Å². The molecule has 1 aromatic rings. The van der Waals surface area contributed by atoms with Crippen molar-refractivity contribution in [1.82, 2.24) is 0 Å². The van der Waals surface area contributed by atoms with Crippen molar-refractivity contribution < 1.29 is 5.11 Å². The third-order valence-electron chi connectivity index (χ3n) is 2.63. The second-order valence-electron chi connectivity index (χ2n) is 4.35. The van der Waals surface area contributed by atoms with Gasteiger partial charge in [-0.2, -0.15) is 11.8 Å². The number of hydrogen-bond donors (Lipinski definition) is 2. The molecule has 3 heteroatoms. The third kappa shape index (κ3) is 3.81. The molecule has 1 rings (SSSR count). The summed E-state index contributed by atoms with van der Waals surface area (Å²) in [6, 6.07) is 9.85. The van der Waals surface area contributed by atoms with Crippen molar-refractivity contribution >= 4 is 11.8 Å². The zero-order valence-corrected chi connectivity index (χ0v) is 10.8. The van der Waals surface area contributed by atoms with Crippen LogP contribution in [-0.2, 0) is 5.54 Å². The Morgan fingerprint density at radius 2 is 1.94 bits per heavy atom. The summed E-state index contributed by atoms with van der Waals surface area (Å²) in [4.78, 5) is 0. The first kappa shape index (κ1) is 13.6. The minimum absolute atomic E-state index is 0.00430. The lowest BCUT2D eigenvalue weighted by Gasteiger charge is -2.28. The molecule has 0 heterocycles. The Bertz CT molecular complexity index is 302. The highest BCUT2D eigenvalue weighted by Crippen LogP contribution is 2.24. The van der Waals surface area contributed by atoms with Gasteiger partial charge in [-0.25, -0.2) is 0 Å². The molecule has 0 spiro atoms. The predicted octanol–water partition coefficient (Wildman–Crippen LogP) is 2.36. The summed E-state index contributed by atoms with van der Waals surface area (Å²) in [5.74, 6) is 0.976. The SMILES string of the molecule is CC(C)SCCC(N)(CO)c1ccccc1. The van der Waals surface area contributed by atoms with Gasteiger partial charge in [0, 0.05) is 0 Å². The molecule has 3 N–H and O–H groups in total. The van der Waals surface area contributed by atoms with Crippen molar-refractivity contribution in [2.24, 2.45) is 5.73 Å². The van der Waals surface area contributed by atoms with Crippen molar-refractivity contribution in [1.29, 1.82) is 0 Å². The Morgan fingerprint density at radius 3 is 2.44 bits per heavy atom. The minimum Gasteiger partial charge on any atom is -0.394 e. The van der Waals surface area contributed by atoms with Crippen LogP contribution < -0.4 is 5.73 Å². The van der Waals surface area contributed by atoms with E-state index < -0.39 is 5.54 Å². The molecule has 0 radical (unpaired) electrons. The number of nitrogens with two attached hydrogens (primary N) is 1. The largest absolute Gasteiger partial charge is 0.394 e. The van der Waals surface area contributed by atoms with E-state index in [0.29, 0.717) is 5.25 Å². The topological polar surface area (TPSA) is 46.2 Å². The van der Waals surface area contributed by atoms with E-state index in [1.807, 2.05) is 42.1 Å². The van der Waals surface area contributed by atoms with Crippen LogP contribution in [0.2, 0.25) is 0 Å². The Morgan fingerprint density at radius 1 is 1.31 bits per heavy atom. The molecule has 0 saturated heterocycles. The molecule has 1 unspecified atom stereocenters. The summed E-state index contributed by atoms with van der Waals surface area (Å²) in [5.41, 5.74) is 6.66. The second kappa shape index (κ2) is 6.28. The van der Waals surface area contributed by atoms with Gasteiger partial charge in [-0.1, -0.05) is 44.2 Å². The molecule has 0 aromatic heterocycles. The first-order valence-electron chi connectivity index (χ1n) is 5.65. The summed E-state index contributed by atoms with van der Waals surface area (Å²) in [7, 11) is 0. The first-order valence-corrected chi connectivity index (χ1v) is 6.70. The summed E-state index contributed by atoms with van der Waals surface area (Å²) >= 11 is 1.88. The lowest BCUT2D eigenvalue weighted by Crippen LogP contribution is -2.41. The van der Waals surface area contributed by atoms with Crippen LogP contribution in [-0.4, -0.2) is 22.7 Å². The maximum atomic E-state index is 9.47. The van der Waals surface area contributed by atoms with E-state index in [2.05, 4.69) is 13.8 Å². The average molecular weight is 239 g/mol. The monoisotopic (exact) mass is 239 g/mol. The van der Waals surface area contributed by atoms with E-state index in [4.69, 9.17) is 5.73 Å². The van der Waals surface area contributed by atoms with Gasteiger partial charge in [0.25, 0.3) is 0 Å². The fraction of sp³-hybridized carbons (Fsp3) is 0.538. The van der Waals surface area contributed by atoms with E-state index in [9.17, 15) is 5.11 Å². The van der Waals surface area contributed by atoms with Crippen molar-refractivity contribution in [3.63, 3.8) is 0 Å². The van der Waals surface area contributed by atoms with Crippen LogP contribution in [0.25, 0.3) is 0 Å². The molecule has 90 valence electrons. The van der Waals surface area contributed by atoms with E-state index in [-0.39, 0.29) is 6.61 Å². The molecule has 1 aromatic carbocycles. The quantitative estimate of drug-likeness (QED) is 0.801. The van der Waals surface area contributed by atoms with Crippen LogP contribution in [0.3, 0.4) is 0 Å². The highest BCUT2D eigenvalue weighted by Gasteiger charge is 2.25. The molecule has 0 saturated carbocycles. The smallest absolute Gasteiger partial charge is 0.0653 e. The fourth-order valence-electron chi connectivity index (χ4n) is 1.56. The zero-order chi connectivity index (χ0) is 12.0. The van der Waals surface area contributed by atoms with E-state index in [0.717, 1.165) is 17.7 Å². The van der Waals surface area contributed by atoms with Crippen molar-refractivity contribution in [2.45, 2.75) is 31.1 Å².